The van der Waals surface area contributed by atoms with Crippen LogP contribution < -0.4 is 10.7 Å². The number of pyridine rings is 1. The SMILES string of the molecule is Nc1ccc(C(=O)c2ccc[n-]2)cc1.[Ir].[c-]1ccccc1-c1nccc2ccccc12. The molecule has 5 heteroatoms. The van der Waals surface area contributed by atoms with E-state index < -0.39 is 0 Å². The summed E-state index contributed by atoms with van der Waals surface area (Å²) in [5.41, 5.74) is 9.28. The van der Waals surface area contributed by atoms with Crippen LogP contribution in [-0.2, 0) is 20.1 Å². The number of hydrogen-bond donors (Lipinski definition) is 1. The van der Waals surface area contributed by atoms with Gasteiger partial charge in [-0.25, -0.2) is 0 Å². The normalized spacial score (nSPS) is 9.94. The van der Waals surface area contributed by atoms with E-state index in [0.717, 1.165) is 11.3 Å². The summed E-state index contributed by atoms with van der Waals surface area (Å²) in [6.45, 7) is 0. The summed E-state index contributed by atoms with van der Waals surface area (Å²) in [6.07, 6.45) is 3.45. The molecule has 0 bridgehead atoms. The van der Waals surface area contributed by atoms with Gasteiger partial charge >= 0.3 is 0 Å². The molecule has 31 heavy (non-hydrogen) atoms. The van der Waals surface area contributed by atoms with Gasteiger partial charge in [0.15, 0.2) is 5.78 Å². The minimum atomic E-state index is -0.0741. The fourth-order valence-corrected chi connectivity index (χ4v) is 3.09. The Hall–Kier alpha value is -3.53. The van der Waals surface area contributed by atoms with Gasteiger partial charge in [0.25, 0.3) is 0 Å². The number of nitrogens with zero attached hydrogens (tertiary/aromatic N) is 2. The first-order valence-electron chi connectivity index (χ1n) is 9.51. The Labute approximate surface area is 194 Å². The number of carbonyl (C=O) groups excluding carboxylic acids is 1. The summed E-state index contributed by atoms with van der Waals surface area (Å²) in [6, 6.07) is 31.7. The first-order chi connectivity index (χ1) is 14.7. The molecule has 0 aliphatic carbocycles. The molecular weight excluding hydrogens is 563 g/mol. The van der Waals surface area contributed by atoms with Crippen molar-refractivity contribution < 1.29 is 24.9 Å². The predicted molar refractivity (Wildman–Crippen MR) is 120 cm³/mol. The smallest absolute Gasteiger partial charge is 0.171 e. The van der Waals surface area contributed by atoms with Crippen molar-refractivity contribution in [2.45, 2.75) is 0 Å². The van der Waals surface area contributed by atoms with Gasteiger partial charge in [-0.1, -0.05) is 42.1 Å². The Bertz CT molecular complexity index is 1250. The Balaban J connectivity index is 0.000000172. The van der Waals surface area contributed by atoms with Gasteiger partial charge in [0, 0.05) is 37.6 Å². The van der Waals surface area contributed by atoms with Crippen LogP contribution in [0.15, 0.2) is 103 Å². The summed E-state index contributed by atoms with van der Waals surface area (Å²) in [4.78, 5) is 20.1. The number of aromatic nitrogens is 2. The van der Waals surface area contributed by atoms with Crippen LogP contribution in [0.1, 0.15) is 16.1 Å². The minimum Gasteiger partial charge on any atom is -0.661 e. The number of ketones is 1. The van der Waals surface area contributed by atoms with E-state index in [0.29, 0.717) is 16.9 Å². The molecule has 0 unspecified atom stereocenters. The van der Waals surface area contributed by atoms with Crippen LogP contribution in [0.5, 0.6) is 0 Å². The van der Waals surface area contributed by atoms with Crippen LogP contribution in [0.2, 0.25) is 0 Å². The molecule has 0 fully saturated rings. The molecule has 0 atom stereocenters. The average Bonchev–Trinajstić information content (AvgIpc) is 3.35. The molecule has 5 aromatic rings. The Morgan fingerprint density at radius 2 is 1.65 bits per heavy atom. The Morgan fingerprint density at radius 1 is 0.871 bits per heavy atom. The zero-order chi connectivity index (χ0) is 20.8. The summed E-state index contributed by atoms with van der Waals surface area (Å²) in [7, 11) is 0. The van der Waals surface area contributed by atoms with E-state index in [-0.39, 0.29) is 25.9 Å². The fraction of sp³-hybridized carbons (Fsp3) is 0. The number of nitrogen functional groups attached to an aromatic ring is 1. The summed E-state index contributed by atoms with van der Waals surface area (Å²) in [5.74, 6) is -0.0741. The second kappa shape index (κ2) is 10.5. The van der Waals surface area contributed by atoms with E-state index in [4.69, 9.17) is 5.73 Å². The molecule has 0 aliphatic rings. The monoisotopic (exact) mass is 582 g/mol. The molecule has 0 saturated carbocycles. The molecule has 5 rings (SSSR count). The molecule has 0 saturated heterocycles. The zero-order valence-corrected chi connectivity index (χ0v) is 18.9. The molecule has 0 aliphatic heterocycles. The largest absolute Gasteiger partial charge is 0.661 e. The standard InChI is InChI=1S/C15H10N.C11H10N2O.Ir/c1-2-7-13(8-3-1)15-14-9-5-4-6-12(14)10-11-16-15;12-9-5-3-8(4-6-9)11(14)10-2-1-7-13-10;/h1-7,9-11H;1-7H,(H3,12,13,14);/q-1;;/p-1. The van der Waals surface area contributed by atoms with E-state index in [9.17, 15) is 4.79 Å². The molecule has 2 heterocycles. The van der Waals surface area contributed by atoms with Crippen molar-refractivity contribution >= 4 is 22.2 Å². The summed E-state index contributed by atoms with van der Waals surface area (Å²) in [5, 5.41) is 2.39. The zero-order valence-electron chi connectivity index (χ0n) is 16.5. The van der Waals surface area contributed by atoms with Crippen LogP contribution >= 0.6 is 0 Å². The molecule has 0 amide bonds. The molecule has 2 N–H and O–H groups in total. The van der Waals surface area contributed by atoms with Crippen LogP contribution in [0.25, 0.3) is 22.0 Å². The van der Waals surface area contributed by atoms with Crippen molar-refractivity contribution in [3.8, 4) is 11.3 Å². The fourth-order valence-electron chi connectivity index (χ4n) is 3.09. The Kier molecular flexibility index (Phi) is 7.49. The van der Waals surface area contributed by atoms with Crippen LogP contribution in [0, 0.1) is 6.07 Å². The van der Waals surface area contributed by atoms with E-state index in [1.165, 1.54) is 10.8 Å². The number of anilines is 1. The predicted octanol–water partition coefficient (Wildman–Crippen LogP) is 5.16. The van der Waals surface area contributed by atoms with E-state index in [2.05, 4.69) is 28.2 Å². The number of carbonyl (C=O) groups is 1. The third-order valence-electron chi connectivity index (χ3n) is 4.60. The maximum Gasteiger partial charge on any atom is 0.171 e. The van der Waals surface area contributed by atoms with Crippen molar-refractivity contribution in [1.29, 1.82) is 0 Å². The van der Waals surface area contributed by atoms with Crippen molar-refractivity contribution in [3.63, 3.8) is 0 Å². The molecule has 2 aromatic heterocycles. The molecule has 1 radical (unpaired) electrons. The third kappa shape index (κ3) is 5.34. The third-order valence-corrected chi connectivity index (χ3v) is 4.60. The molecular formula is C26H19IrN3O-2. The van der Waals surface area contributed by atoms with Crippen LogP contribution in [0.3, 0.4) is 0 Å². The average molecular weight is 582 g/mol. The van der Waals surface area contributed by atoms with Crippen LogP contribution in [0.4, 0.5) is 5.69 Å². The van der Waals surface area contributed by atoms with Crippen molar-refractivity contribution in [3.05, 3.63) is 121 Å². The second-order valence-electron chi connectivity index (χ2n) is 6.63. The van der Waals surface area contributed by atoms with Crippen molar-refractivity contribution in [2.24, 2.45) is 0 Å². The topological polar surface area (TPSA) is 70.1 Å². The van der Waals surface area contributed by atoms with Gasteiger partial charge in [-0.05, 0) is 46.8 Å². The molecule has 155 valence electrons. The minimum absolute atomic E-state index is 0. The van der Waals surface area contributed by atoms with E-state index in [1.54, 1.807) is 42.6 Å². The van der Waals surface area contributed by atoms with Gasteiger partial charge in [0.05, 0.1) is 0 Å². The molecule has 4 nitrogen and oxygen atoms in total. The van der Waals surface area contributed by atoms with Crippen molar-refractivity contribution in [2.75, 3.05) is 5.73 Å². The van der Waals surface area contributed by atoms with Gasteiger partial charge < -0.3 is 15.7 Å². The van der Waals surface area contributed by atoms with Crippen molar-refractivity contribution in [1.82, 2.24) is 9.97 Å². The first kappa shape index (κ1) is 22.2. The number of rotatable bonds is 3. The maximum atomic E-state index is 11.7. The first-order valence-corrected chi connectivity index (χ1v) is 9.51. The van der Waals surface area contributed by atoms with Gasteiger partial charge in [0.2, 0.25) is 0 Å². The number of fused-ring (bicyclic) bond motifs is 1. The maximum absolute atomic E-state index is 11.7. The van der Waals surface area contributed by atoms with Gasteiger partial charge in [-0.2, -0.15) is 6.20 Å². The van der Waals surface area contributed by atoms with Gasteiger partial charge in [-0.3, -0.25) is 4.79 Å². The van der Waals surface area contributed by atoms with Crippen LogP contribution in [-0.4, -0.2) is 10.8 Å². The summed E-state index contributed by atoms with van der Waals surface area (Å²) < 4.78 is 0. The number of benzene rings is 3. The Morgan fingerprint density at radius 3 is 2.35 bits per heavy atom. The molecule has 0 spiro atoms. The molecule has 3 aromatic carbocycles. The van der Waals surface area contributed by atoms with Gasteiger partial charge in [-0.15, -0.1) is 35.9 Å². The van der Waals surface area contributed by atoms with Gasteiger partial charge in [0.1, 0.15) is 0 Å². The quantitative estimate of drug-likeness (QED) is 0.182. The summed E-state index contributed by atoms with van der Waals surface area (Å²) >= 11 is 0. The number of hydrogen-bond acceptors (Lipinski definition) is 3. The number of nitrogens with two attached hydrogens (primary N) is 1. The second-order valence-corrected chi connectivity index (χ2v) is 6.63. The van der Waals surface area contributed by atoms with E-state index >= 15 is 0 Å². The van der Waals surface area contributed by atoms with E-state index in [1.807, 2.05) is 48.7 Å².